The molecule has 0 aliphatic carbocycles. The Morgan fingerprint density at radius 2 is 1.05 bits per heavy atom. The van der Waals surface area contributed by atoms with Crippen LogP contribution in [0.2, 0.25) is 0 Å². The lowest BCUT2D eigenvalue weighted by Crippen LogP contribution is -2.46. The molecule has 9 heteroatoms. The Morgan fingerprint density at radius 3 is 1.35 bits per heavy atom. The molecule has 0 aromatic carbocycles. The van der Waals surface area contributed by atoms with Gasteiger partial charge in [0.2, 0.25) is 17.7 Å². The van der Waals surface area contributed by atoms with E-state index in [4.69, 9.17) is 0 Å². The van der Waals surface area contributed by atoms with Crippen LogP contribution in [0, 0.1) is 17.8 Å². The monoisotopic (exact) mass is 573 g/mol. The number of carbonyl (C=O) groups is 3. The molecule has 9 nitrogen and oxygen atoms in total. The lowest BCUT2D eigenvalue weighted by molar-refractivity contribution is -0.130. The molecule has 0 spiro atoms. The number of likely N-dealkylation sites (N-methyl/N-ethyl adjacent to an activating group) is 5. The van der Waals surface area contributed by atoms with Crippen molar-refractivity contribution in [2.75, 3.05) is 80.0 Å². The van der Waals surface area contributed by atoms with E-state index in [-0.39, 0.29) is 23.3 Å². The minimum atomic E-state index is -0.131. The van der Waals surface area contributed by atoms with Crippen molar-refractivity contribution in [2.24, 2.45) is 17.8 Å². The van der Waals surface area contributed by atoms with Gasteiger partial charge in [-0.1, -0.05) is 55.4 Å². The van der Waals surface area contributed by atoms with Gasteiger partial charge in [0.1, 0.15) is 0 Å². The number of nitrogens with zero attached hydrogens (tertiary/aromatic N) is 4. The van der Waals surface area contributed by atoms with Gasteiger partial charge in [0.25, 0.3) is 0 Å². The molecule has 0 saturated heterocycles. The first-order valence-electron chi connectivity index (χ1n) is 15.2. The van der Waals surface area contributed by atoms with Gasteiger partial charge in [0.05, 0.1) is 19.6 Å². The molecule has 0 rings (SSSR count). The third-order valence-corrected chi connectivity index (χ3v) is 5.65. The van der Waals surface area contributed by atoms with E-state index in [1.807, 2.05) is 41.8 Å². The topological polar surface area (TPSA) is 88.2 Å². The highest BCUT2D eigenvalue weighted by Gasteiger charge is 2.16. The fourth-order valence-electron chi connectivity index (χ4n) is 3.80. The van der Waals surface area contributed by atoms with Gasteiger partial charge < -0.3 is 15.5 Å². The fourth-order valence-corrected chi connectivity index (χ4v) is 3.80. The quantitative estimate of drug-likeness (QED) is 0.312. The molecule has 0 atom stereocenters. The van der Waals surface area contributed by atoms with E-state index in [0.29, 0.717) is 37.4 Å². The Labute approximate surface area is 248 Å². The number of amides is 3. The van der Waals surface area contributed by atoms with Crippen LogP contribution in [0.15, 0.2) is 0 Å². The molecule has 0 fully saturated rings. The largest absolute Gasteiger partial charge is 0.358 e. The average Bonchev–Trinajstić information content (AvgIpc) is 2.80. The molecule has 0 radical (unpaired) electrons. The summed E-state index contributed by atoms with van der Waals surface area (Å²) in [7, 11) is 5.50. The highest BCUT2D eigenvalue weighted by molar-refractivity contribution is 5.79. The molecule has 240 valence electrons. The van der Waals surface area contributed by atoms with Crippen molar-refractivity contribution in [1.82, 2.24) is 30.2 Å². The van der Waals surface area contributed by atoms with Gasteiger partial charge in [-0.15, -0.1) is 0 Å². The molecule has 2 N–H and O–H groups in total. The summed E-state index contributed by atoms with van der Waals surface area (Å²) in [4.78, 5) is 42.2. The predicted molar refractivity (Wildman–Crippen MR) is 172 cm³/mol. The van der Waals surface area contributed by atoms with Crippen molar-refractivity contribution in [2.45, 2.75) is 88.6 Å². The summed E-state index contributed by atoms with van der Waals surface area (Å²) in [6, 6.07) is 0. The summed E-state index contributed by atoms with van der Waals surface area (Å²) in [5, 5.41) is 5.60. The first kappa shape index (κ1) is 42.8. The molecule has 0 unspecified atom stereocenters. The number of nitrogens with one attached hydrogen (secondary N) is 2. The fraction of sp³-hybridized carbons (Fsp3) is 0.903. The van der Waals surface area contributed by atoms with E-state index < -0.39 is 0 Å². The van der Waals surface area contributed by atoms with Gasteiger partial charge in [0, 0.05) is 45.8 Å². The number of hydrogen-bond acceptors (Lipinski definition) is 6. The maximum absolute atomic E-state index is 11.7. The van der Waals surface area contributed by atoms with E-state index in [9.17, 15) is 14.4 Å². The maximum Gasteiger partial charge on any atom is 0.236 e. The summed E-state index contributed by atoms with van der Waals surface area (Å²) < 4.78 is 0. The molecule has 0 saturated carbocycles. The van der Waals surface area contributed by atoms with Crippen LogP contribution in [0.25, 0.3) is 0 Å². The molecule has 0 heterocycles. The standard InChI is InChI=1S/C12H26N2O.C10H22N2O.C9H20N2O/c1-7-14(8-10(2)3)9-11(15)13-12(4,5)6;1-6-12(5)10(13)8-11(4)7-9(2)3;1-5-11(6-8(2)3)7-9(12)10-4/h10H,7-9H2,1-6H3,(H,13,15);9H,6-8H2,1-5H3;8H,5-7H2,1-4H3,(H,10,12). The van der Waals surface area contributed by atoms with Crippen LogP contribution in [0.5, 0.6) is 0 Å². The van der Waals surface area contributed by atoms with Crippen molar-refractivity contribution >= 4 is 17.7 Å². The van der Waals surface area contributed by atoms with Crippen LogP contribution < -0.4 is 10.6 Å². The highest BCUT2D eigenvalue weighted by Crippen LogP contribution is 2.01. The van der Waals surface area contributed by atoms with Crippen LogP contribution in [-0.2, 0) is 14.4 Å². The number of hydrogen-bond donors (Lipinski definition) is 2. The van der Waals surface area contributed by atoms with Crippen molar-refractivity contribution in [3.63, 3.8) is 0 Å². The van der Waals surface area contributed by atoms with Gasteiger partial charge in [-0.25, -0.2) is 0 Å². The average molecular weight is 573 g/mol. The van der Waals surface area contributed by atoms with Crippen molar-refractivity contribution < 1.29 is 14.4 Å². The first-order valence-corrected chi connectivity index (χ1v) is 15.2. The van der Waals surface area contributed by atoms with E-state index in [1.54, 1.807) is 11.9 Å². The zero-order chi connectivity index (χ0) is 32.1. The first-order chi connectivity index (χ1) is 18.3. The Bertz CT molecular complexity index is 662. The van der Waals surface area contributed by atoms with Crippen LogP contribution in [0.3, 0.4) is 0 Å². The Morgan fingerprint density at radius 1 is 0.650 bits per heavy atom. The van der Waals surface area contributed by atoms with E-state index in [0.717, 1.165) is 39.3 Å². The lowest BCUT2D eigenvalue weighted by atomic mass is 10.1. The summed E-state index contributed by atoms with van der Waals surface area (Å²) in [5.41, 5.74) is -0.131. The summed E-state index contributed by atoms with van der Waals surface area (Å²) >= 11 is 0. The second kappa shape index (κ2) is 23.9. The van der Waals surface area contributed by atoms with Gasteiger partial charge in [-0.2, -0.15) is 0 Å². The lowest BCUT2D eigenvalue weighted by Gasteiger charge is -2.25. The van der Waals surface area contributed by atoms with Crippen molar-refractivity contribution in [3.05, 3.63) is 0 Å². The van der Waals surface area contributed by atoms with Gasteiger partial charge in [-0.05, 0) is 65.6 Å². The van der Waals surface area contributed by atoms with E-state index >= 15 is 0 Å². The van der Waals surface area contributed by atoms with Crippen molar-refractivity contribution in [3.8, 4) is 0 Å². The van der Waals surface area contributed by atoms with Crippen molar-refractivity contribution in [1.29, 1.82) is 0 Å². The third kappa shape index (κ3) is 29.3. The molecule has 3 amide bonds. The molecule has 0 aromatic rings. The van der Waals surface area contributed by atoms with Crippen LogP contribution in [-0.4, -0.2) is 123 Å². The Kier molecular flexibility index (Phi) is 25.6. The molecular formula is C31H68N6O3. The Hall–Kier alpha value is -1.71. The maximum atomic E-state index is 11.7. The second-order valence-corrected chi connectivity index (χ2v) is 12.9. The Balaban J connectivity index is -0.000000517. The molecule has 40 heavy (non-hydrogen) atoms. The number of carbonyl (C=O) groups excluding carboxylic acids is 3. The van der Waals surface area contributed by atoms with Gasteiger partial charge >= 0.3 is 0 Å². The minimum Gasteiger partial charge on any atom is -0.358 e. The summed E-state index contributed by atoms with van der Waals surface area (Å²) in [6.45, 7) is 32.3. The predicted octanol–water partition coefficient (Wildman–Crippen LogP) is 3.64. The normalized spacial score (nSPS) is 11.4. The SMILES string of the molecule is CCN(C)C(=O)CN(C)CC(C)C.CCN(CC(=O)NC(C)(C)C)CC(C)C.CCN(CC(=O)NC)CC(C)C. The van der Waals surface area contributed by atoms with Crippen LogP contribution in [0.1, 0.15) is 83.1 Å². The summed E-state index contributed by atoms with van der Waals surface area (Å²) in [5.74, 6) is 2.25. The van der Waals surface area contributed by atoms with Crippen LogP contribution >= 0.6 is 0 Å². The zero-order valence-corrected chi connectivity index (χ0v) is 29.1. The molecule has 0 aliphatic rings. The number of rotatable bonds is 15. The minimum absolute atomic E-state index is 0.0949. The summed E-state index contributed by atoms with van der Waals surface area (Å²) in [6.07, 6.45) is 0. The zero-order valence-electron chi connectivity index (χ0n) is 29.1. The van der Waals surface area contributed by atoms with Crippen LogP contribution in [0.4, 0.5) is 0 Å². The van der Waals surface area contributed by atoms with E-state index in [2.05, 4.69) is 80.7 Å². The van der Waals surface area contributed by atoms with Gasteiger partial charge in [-0.3, -0.25) is 29.1 Å². The smallest absolute Gasteiger partial charge is 0.236 e. The molecule has 0 bridgehead atoms. The third-order valence-electron chi connectivity index (χ3n) is 5.65. The molecular weight excluding hydrogens is 504 g/mol. The molecule has 0 aromatic heterocycles. The van der Waals surface area contributed by atoms with E-state index in [1.165, 1.54) is 0 Å². The molecule has 0 aliphatic heterocycles. The second-order valence-electron chi connectivity index (χ2n) is 12.9. The van der Waals surface area contributed by atoms with Gasteiger partial charge in [0.15, 0.2) is 0 Å². The highest BCUT2D eigenvalue weighted by atomic mass is 16.2.